The van der Waals surface area contributed by atoms with Crippen molar-refractivity contribution in [3.8, 4) is 11.5 Å². The van der Waals surface area contributed by atoms with Crippen LogP contribution in [0, 0.1) is 6.92 Å². The molecule has 28 heavy (non-hydrogen) atoms. The van der Waals surface area contributed by atoms with Crippen molar-refractivity contribution in [3.05, 3.63) is 46.0 Å². The summed E-state index contributed by atoms with van der Waals surface area (Å²) in [6, 6.07) is 3.27. The van der Waals surface area contributed by atoms with Gasteiger partial charge in [-0.2, -0.15) is 0 Å². The smallest absolute Gasteiger partial charge is 0.349 e. The van der Waals surface area contributed by atoms with Crippen LogP contribution in [-0.2, 0) is 9.57 Å². The Bertz CT molecular complexity index is 992. The Morgan fingerprint density at radius 3 is 2.79 bits per heavy atom. The molecule has 0 saturated carbocycles. The quantitative estimate of drug-likeness (QED) is 0.459. The molecular formula is C20H23NO7. The Morgan fingerprint density at radius 2 is 2.14 bits per heavy atom. The van der Waals surface area contributed by atoms with Crippen LogP contribution in [0.15, 0.2) is 38.8 Å². The van der Waals surface area contributed by atoms with E-state index in [9.17, 15) is 15.0 Å². The molecule has 0 spiro atoms. The Hall–Kier alpha value is -3.00. The number of ether oxygens (including phenoxy) is 2. The van der Waals surface area contributed by atoms with E-state index in [0.717, 1.165) is 0 Å². The first-order valence-electron chi connectivity index (χ1n) is 8.97. The van der Waals surface area contributed by atoms with Gasteiger partial charge in [0.2, 0.25) is 6.29 Å². The first-order chi connectivity index (χ1) is 13.4. The molecule has 150 valence electrons. The molecule has 0 bridgehead atoms. The van der Waals surface area contributed by atoms with Gasteiger partial charge < -0.3 is 28.9 Å². The van der Waals surface area contributed by atoms with Crippen LogP contribution in [0.25, 0.3) is 11.0 Å². The minimum absolute atomic E-state index is 0.0224. The number of aliphatic hydroxyl groups is 1. The summed E-state index contributed by atoms with van der Waals surface area (Å²) in [6.45, 7) is 7.17. The van der Waals surface area contributed by atoms with Crippen molar-refractivity contribution in [2.24, 2.45) is 5.16 Å². The lowest BCUT2D eigenvalue weighted by atomic mass is 10.0. The average Bonchev–Trinajstić information content (AvgIpc) is 2.66. The molecule has 0 radical (unpaired) electrons. The van der Waals surface area contributed by atoms with Crippen LogP contribution in [0.1, 0.15) is 37.3 Å². The van der Waals surface area contributed by atoms with E-state index < -0.39 is 18.0 Å². The van der Waals surface area contributed by atoms with E-state index in [1.807, 2.05) is 0 Å². The highest BCUT2D eigenvalue weighted by Gasteiger charge is 2.26. The maximum absolute atomic E-state index is 12.5. The molecule has 1 aliphatic heterocycles. The number of benzene rings is 1. The highest BCUT2D eigenvalue weighted by molar-refractivity contribution is 6.06. The summed E-state index contributed by atoms with van der Waals surface area (Å²) >= 11 is 0. The van der Waals surface area contributed by atoms with Crippen LogP contribution in [0.3, 0.4) is 0 Å². The molecule has 1 aliphatic rings. The number of oxime groups is 1. The summed E-state index contributed by atoms with van der Waals surface area (Å²) < 4.78 is 16.8. The predicted octanol–water partition coefficient (Wildman–Crippen LogP) is 2.96. The van der Waals surface area contributed by atoms with Crippen LogP contribution in [0.2, 0.25) is 0 Å². The molecule has 8 nitrogen and oxygen atoms in total. The molecule has 2 N–H and O–H groups in total. The van der Waals surface area contributed by atoms with Gasteiger partial charge in [-0.3, -0.25) is 0 Å². The number of hydrogen-bond acceptors (Lipinski definition) is 8. The fourth-order valence-electron chi connectivity index (χ4n) is 3.13. The van der Waals surface area contributed by atoms with Gasteiger partial charge in [0.1, 0.15) is 41.6 Å². The third-order valence-electron chi connectivity index (χ3n) is 4.66. The number of fused-ring (bicyclic) bond motifs is 1. The number of hydrogen-bond donors (Lipinski definition) is 2. The van der Waals surface area contributed by atoms with Crippen LogP contribution in [0.4, 0.5) is 0 Å². The first-order valence-corrected chi connectivity index (χ1v) is 8.97. The molecule has 2 aromatic rings. The molecule has 1 aromatic carbocycles. The zero-order chi connectivity index (χ0) is 20.4. The second-order valence-electron chi connectivity index (χ2n) is 6.48. The van der Waals surface area contributed by atoms with Gasteiger partial charge in [0.15, 0.2) is 0 Å². The lowest BCUT2D eigenvalue weighted by molar-refractivity contribution is -0.0993. The van der Waals surface area contributed by atoms with E-state index in [-0.39, 0.29) is 22.7 Å². The zero-order valence-corrected chi connectivity index (χ0v) is 16.0. The number of aliphatic hydroxyl groups excluding tert-OH is 1. The molecule has 1 aromatic heterocycles. The van der Waals surface area contributed by atoms with Crippen molar-refractivity contribution in [2.45, 2.75) is 45.5 Å². The summed E-state index contributed by atoms with van der Waals surface area (Å²) in [7, 11) is 1.37. The SMILES string of the molecule is C=C1OC(Oc2ccc3c(O)c(/C(CC)=N/OC)c(=O)oc3c2C)CCC1O. The van der Waals surface area contributed by atoms with Crippen LogP contribution in [-0.4, -0.2) is 35.4 Å². The van der Waals surface area contributed by atoms with E-state index in [0.29, 0.717) is 41.7 Å². The van der Waals surface area contributed by atoms with Crippen molar-refractivity contribution in [3.63, 3.8) is 0 Å². The number of aromatic hydroxyl groups is 1. The largest absolute Gasteiger partial charge is 0.506 e. The number of aryl methyl sites for hydroxylation is 1. The Morgan fingerprint density at radius 1 is 1.39 bits per heavy atom. The first kappa shape index (κ1) is 19.8. The molecule has 2 atom stereocenters. The maximum Gasteiger partial charge on any atom is 0.349 e. The molecule has 3 rings (SSSR count). The second-order valence-corrected chi connectivity index (χ2v) is 6.48. The van der Waals surface area contributed by atoms with E-state index >= 15 is 0 Å². The van der Waals surface area contributed by atoms with Gasteiger partial charge in [0.25, 0.3) is 0 Å². The average molecular weight is 389 g/mol. The predicted molar refractivity (Wildman–Crippen MR) is 103 cm³/mol. The molecule has 2 heterocycles. The van der Waals surface area contributed by atoms with Gasteiger partial charge >= 0.3 is 5.63 Å². The van der Waals surface area contributed by atoms with Gasteiger partial charge in [0, 0.05) is 12.0 Å². The molecule has 1 saturated heterocycles. The lowest BCUT2D eigenvalue weighted by Crippen LogP contribution is -2.31. The number of nitrogens with zero attached hydrogens (tertiary/aromatic N) is 1. The summed E-state index contributed by atoms with van der Waals surface area (Å²) in [6.07, 6.45) is 0.0411. The highest BCUT2D eigenvalue weighted by Crippen LogP contribution is 2.35. The molecule has 0 aliphatic carbocycles. The zero-order valence-electron chi connectivity index (χ0n) is 16.0. The maximum atomic E-state index is 12.5. The minimum atomic E-state index is -0.715. The Kier molecular flexibility index (Phi) is 5.60. The molecule has 0 amide bonds. The summed E-state index contributed by atoms with van der Waals surface area (Å²) in [4.78, 5) is 17.2. The van der Waals surface area contributed by atoms with Crippen molar-refractivity contribution in [2.75, 3.05) is 7.11 Å². The van der Waals surface area contributed by atoms with Crippen molar-refractivity contribution >= 4 is 16.7 Å². The normalized spacial score (nSPS) is 20.1. The van der Waals surface area contributed by atoms with E-state index in [1.54, 1.807) is 26.0 Å². The van der Waals surface area contributed by atoms with Gasteiger partial charge in [-0.15, -0.1) is 0 Å². The monoisotopic (exact) mass is 389 g/mol. The lowest BCUT2D eigenvalue weighted by Gasteiger charge is -2.29. The third-order valence-corrected chi connectivity index (χ3v) is 4.66. The van der Waals surface area contributed by atoms with E-state index in [2.05, 4.69) is 11.7 Å². The molecule has 8 heteroatoms. The van der Waals surface area contributed by atoms with Crippen LogP contribution < -0.4 is 10.4 Å². The Balaban J connectivity index is 2.02. The van der Waals surface area contributed by atoms with Gasteiger partial charge in [0.05, 0.1) is 11.1 Å². The topological polar surface area (TPSA) is 111 Å². The van der Waals surface area contributed by atoms with Crippen LogP contribution >= 0.6 is 0 Å². The summed E-state index contributed by atoms with van der Waals surface area (Å²) in [5.41, 5.74) is 0.310. The fourth-order valence-corrected chi connectivity index (χ4v) is 3.13. The second kappa shape index (κ2) is 7.93. The van der Waals surface area contributed by atoms with Gasteiger partial charge in [-0.05, 0) is 31.9 Å². The molecule has 2 unspecified atom stereocenters. The van der Waals surface area contributed by atoms with E-state index in [4.69, 9.17) is 18.7 Å². The third kappa shape index (κ3) is 3.55. The molecular weight excluding hydrogens is 366 g/mol. The summed E-state index contributed by atoms with van der Waals surface area (Å²) in [5.74, 6) is 0.482. The fraction of sp³-hybridized carbons (Fsp3) is 0.400. The molecule has 1 fully saturated rings. The number of rotatable bonds is 5. The highest BCUT2D eigenvalue weighted by atomic mass is 16.7. The van der Waals surface area contributed by atoms with Crippen molar-refractivity contribution < 1.29 is 28.9 Å². The van der Waals surface area contributed by atoms with Crippen molar-refractivity contribution in [1.82, 2.24) is 0 Å². The standard InChI is InChI=1S/C20H23NO7/c1-5-13(21-25-4)17-18(23)12-6-8-15(10(2)19(12)28-20(17)24)27-16-9-7-14(22)11(3)26-16/h6,8,14,16,22-23H,3,5,7,9H2,1-2,4H3/b21-13+. The van der Waals surface area contributed by atoms with Gasteiger partial charge in [-0.1, -0.05) is 18.7 Å². The van der Waals surface area contributed by atoms with Crippen molar-refractivity contribution in [1.29, 1.82) is 0 Å². The summed E-state index contributed by atoms with van der Waals surface area (Å²) in [5, 5.41) is 24.5. The van der Waals surface area contributed by atoms with Gasteiger partial charge in [-0.25, -0.2) is 4.79 Å². The van der Waals surface area contributed by atoms with E-state index in [1.165, 1.54) is 7.11 Å². The minimum Gasteiger partial charge on any atom is -0.506 e. The Labute approximate surface area is 161 Å². The van der Waals surface area contributed by atoms with Crippen LogP contribution in [0.5, 0.6) is 11.5 Å².